The van der Waals surface area contributed by atoms with Crippen molar-refractivity contribution in [3.63, 3.8) is 0 Å². The molecule has 1 rings (SSSR count). The maximum atomic E-state index is 10.9. The molecule has 4 nitrogen and oxygen atoms in total. The van der Waals surface area contributed by atoms with Crippen LogP contribution in [0.2, 0.25) is 0 Å². The van der Waals surface area contributed by atoms with E-state index in [1.165, 1.54) is 13.0 Å². The van der Waals surface area contributed by atoms with Gasteiger partial charge in [-0.1, -0.05) is 30.3 Å². The minimum absolute atomic E-state index is 0.126. The molecule has 0 fully saturated rings. The average Bonchev–Trinajstić information content (AvgIpc) is 2.26. The summed E-state index contributed by atoms with van der Waals surface area (Å²) in [6.07, 6.45) is 1.38. The Hall–Kier alpha value is -2.10. The minimum atomic E-state index is -1.21. The molecule has 4 heteroatoms. The summed E-state index contributed by atoms with van der Waals surface area (Å²) in [6.45, 7) is 1.35. The number of carboxylic acid groups (broad SMARTS) is 2. The van der Waals surface area contributed by atoms with Crippen LogP contribution in [0.25, 0.3) is 6.08 Å². The zero-order valence-corrected chi connectivity index (χ0v) is 8.75. The van der Waals surface area contributed by atoms with Crippen LogP contribution < -0.4 is 0 Å². The third-order valence-corrected chi connectivity index (χ3v) is 2.21. The maximum Gasteiger partial charge on any atom is 0.332 e. The predicted octanol–water partition coefficient (Wildman–Crippen LogP) is 1.88. The highest BCUT2D eigenvalue weighted by atomic mass is 16.4. The first-order valence-electron chi connectivity index (χ1n) is 4.75. The van der Waals surface area contributed by atoms with Gasteiger partial charge in [0, 0.05) is 0 Å². The van der Waals surface area contributed by atoms with E-state index in [0.29, 0.717) is 5.56 Å². The van der Waals surface area contributed by atoms with Gasteiger partial charge in [0.25, 0.3) is 0 Å². The zero-order valence-electron chi connectivity index (χ0n) is 8.75. The fourth-order valence-electron chi connectivity index (χ4n) is 1.23. The Morgan fingerprint density at radius 2 is 1.75 bits per heavy atom. The van der Waals surface area contributed by atoms with Crippen LogP contribution in [-0.4, -0.2) is 22.2 Å². The van der Waals surface area contributed by atoms with E-state index in [1.54, 1.807) is 30.3 Å². The largest absolute Gasteiger partial charge is 0.481 e. The molecule has 0 saturated carbocycles. The Morgan fingerprint density at radius 1 is 1.19 bits per heavy atom. The van der Waals surface area contributed by atoms with E-state index in [-0.39, 0.29) is 5.57 Å². The second-order valence-electron chi connectivity index (χ2n) is 3.38. The van der Waals surface area contributed by atoms with Crippen molar-refractivity contribution < 1.29 is 19.8 Å². The van der Waals surface area contributed by atoms with Crippen molar-refractivity contribution in [2.24, 2.45) is 5.92 Å². The van der Waals surface area contributed by atoms with E-state index in [2.05, 4.69) is 0 Å². The molecule has 0 aromatic heterocycles. The van der Waals surface area contributed by atoms with Crippen molar-refractivity contribution in [1.82, 2.24) is 0 Å². The summed E-state index contributed by atoms with van der Waals surface area (Å²) < 4.78 is 0. The molecule has 0 aliphatic carbocycles. The Morgan fingerprint density at radius 3 is 2.19 bits per heavy atom. The van der Waals surface area contributed by atoms with Crippen molar-refractivity contribution in [3.8, 4) is 0 Å². The number of rotatable bonds is 4. The average molecular weight is 220 g/mol. The van der Waals surface area contributed by atoms with E-state index in [9.17, 15) is 9.59 Å². The molecule has 0 aliphatic heterocycles. The Bertz CT molecular complexity index is 420. The lowest BCUT2D eigenvalue weighted by atomic mass is 9.99. The van der Waals surface area contributed by atoms with Crippen LogP contribution in [0.4, 0.5) is 0 Å². The van der Waals surface area contributed by atoms with E-state index in [1.807, 2.05) is 0 Å². The lowest BCUT2D eigenvalue weighted by Crippen LogP contribution is -2.18. The molecule has 16 heavy (non-hydrogen) atoms. The SMILES string of the molecule is C[C@H](C(=O)O)/C(=C\c1ccccc1)C(=O)O. The molecular weight excluding hydrogens is 208 g/mol. The fourth-order valence-corrected chi connectivity index (χ4v) is 1.23. The summed E-state index contributed by atoms with van der Waals surface area (Å²) in [7, 11) is 0. The highest BCUT2D eigenvalue weighted by molar-refractivity contribution is 5.98. The van der Waals surface area contributed by atoms with Gasteiger partial charge in [-0.3, -0.25) is 4.79 Å². The Balaban J connectivity index is 3.08. The van der Waals surface area contributed by atoms with Crippen LogP contribution >= 0.6 is 0 Å². The number of hydrogen-bond donors (Lipinski definition) is 2. The predicted molar refractivity (Wildman–Crippen MR) is 58.9 cm³/mol. The van der Waals surface area contributed by atoms with Crippen molar-refractivity contribution in [2.45, 2.75) is 6.92 Å². The molecule has 0 saturated heterocycles. The molecule has 0 amide bonds. The maximum absolute atomic E-state index is 10.9. The summed E-state index contributed by atoms with van der Waals surface area (Å²) >= 11 is 0. The van der Waals surface area contributed by atoms with Crippen molar-refractivity contribution in [3.05, 3.63) is 41.5 Å². The molecule has 0 spiro atoms. The van der Waals surface area contributed by atoms with Crippen molar-refractivity contribution in [1.29, 1.82) is 0 Å². The molecule has 0 aliphatic rings. The topological polar surface area (TPSA) is 74.6 Å². The lowest BCUT2D eigenvalue weighted by Gasteiger charge is -2.07. The van der Waals surface area contributed by atoms with Crippen LogP contribution in [0.5, 0.6) is 0 Å². The normalized spacial score (nSPS) is 13.2. The van der Waals surface area contributed by atoms with Crippen molar-refractivity contribution >= 4 is 18.0 Å². The molecular formula is C12H12O4. The molecule has 0 bridgehead atoms. The number of aliphatic carboxylic acids is 2. The quantitative estimate of drug-likeness (QED) is 0.759. The third kappa shape index (κ3) is 2.95. The van der Waals surface area contributed by atoms with Gasteiger partial charge in [-0.15, -0.1) is 0 Å². The molecule has 0 heterocycles. The van der Waals surface area contributed by atoms with E-state index in [0.717, 1.165) is 0 Å². The summed E-state index contributed by atoms with van der Waals surface area (Å²) in [5.41, 5.74) is 0.548. The van der Waals surface area contributed by atoms with Crippen molar-refractivity contribution in [2.75, 3.05) is 0 Å². The summed E-state index contributed by atoms with van der Waals surface area (Å²) in [4.78, 5) is 21.6. The molecule has 2 N–H and O–H groups in total. The lowest BCUT2D eigenvalue weighted by molar-refractivity contribution is -0.143. The van der Waals surface area contributed by atoms with E-state index < -0.39 is 17.9 Å². The third-order valence-electron chi connectivity index (χ3n) is 2.21. The smallest absolute Gasteiger partial charge is 0.332 e. The zero-order chi connectivity index (χ0) is 12.1. The molecule has 0 unspecified atom stereocenters. The highest BCUT2D eigenvalue weighted by Crippen LogP contribution is 2.15. The molecule has 1 aromatic rings. The Kier molecular flexibility index (Phi) is 3.83. The van der Waals surface area contributed by atoms with E-state index in [4.69, 9.17) is 10.2 Å². The van der Waals surface area contributed by atoms with Gasteiger partial charge in [-0.2, -0.15) is 0 Å². The van der Waals surface area contributed by atoms with Gasteiger partial charge < -0.3 is 10.2 Å². The first-order valence-corrected chi connectivity index (χ1v) is 4.75. The number of benzene rings is 1. The summed E-state index contributed by atoms with van der Waals surface area (Å²) in [6, 6.07) is 8.76. The minimum Gasteiger partial charge on any atom is -0.481 e. The highest BCUT2D eigenvalue weighted by Gasteiger charge is 2.22. The fraction of sp³-hybridized carbons (Fsp3) is 0.167. The number of hydrogen-bond acceptors (Lipinski definition) is 2. The van der Waals surface area contributed by atoms with Gasteiger partial charge >= 0.3 is 11.9 Å². The van der Waals surface area contributed by atoms with Gasteiger partial charge in [-0.05, 0) is 18.6 Å². The molecule has 0 radical (unpaired) electrons. The van der Waals surface area contributed by atoms with Gasteiger partial charge in [0.05, 0.1) is 11.5 Å². The first-order chi connectivity index (χ1) is 7.52. The second kappa shape index (κ2) is 5.11. The van der Waals surface area contributed by atoms with Crippen LogP contribution in [0.15, 0.2) is 35.9 Å². The van der Waals surface area contributed by atoms with Gasteiger partial charge in [-0.25, -0.2) is 4.79 Å². The number of carbonyl (C=O) groups is 2. The summed E-state index contributed by atoms with van der Waals surface area (Å²) in [5.74, 6) is -3.39. The van der Waals surface area contributed by atoms with Crippen LogP contribution in [0.1, 0.15) is 12.5 Å². The first kappa shape index (κ1) is 12.0. The molecule has 1 atom stereocenters. The van der Waals surface area contributed by atoms with Gasteiger partial charge in [0.1, 0.15) is 0 Å². The monoisotopic (exact) mass is 220 g/mol. The van der Waals surface area contributed by atoms with Crippen LogP contribution in [-0.2, 0) is 9.59 Å². The molecule has 1 aromatic carbocycles. The summed E-state index contributed by atoms with van der Waals surface area (Å²) in [5, 5.41) is 17.7. The molecule has 84 valence electrons. The van der Waals surface area contributed by atoms with Crippen LogP contribution in [0.3, 0.4) is 0 Å². The van der Waals surface area contributed by atoms with Gasteiger partial charge in [0.15, 0.2) is 0 Å². The number of carboxylic acids is 2. The van der Waals surface area contributed by atoms with Crippen LogP contribution in [0, 0.1) is 5.92 Å². The van der Waals surface area contributed by atoms with Gasteiger partial charge in [0.2, 0.25) is 0 Å². The second-order valence-corrected chi connectivity index (χ2v) is 3.38. The standard InChI is InChI=1S/C12H12O4/c1-8(11(13)14)10(12(15)16)7-9-5-3-2-4-6-9/h2-8H,1H3,(H,13,14)(H,15,16)/b10-7+/t8-/m0/s1. The Labute approximate surface area is 92.8 Å². The van der Waals surface area contributed by atoms with E-state index >= 15 is 0 Å².